The van der Waals surface area contributed by atoms with E-state index in [1.165, 1.54) is 7.11 Å². The molecule has 1 aromatic carbocycles. The van der Waals surface area contributed by atoms with E-state index in [9.17, 15) is 9.59 Å². The minimum absolute atomic E-state index is 0.166. The second kappa shape index (κ2) is 7.00. The van der Waals surface area contributed by atoms with Crippen LogP contribution in [0, 0.1) is 0 Å². The number of ketones is 1. The smallest absolute Gasteiger partial charge is 0.231 e. The number of hydrogen-bond acceptors (Lipinski definition) is 4. The van der Waals surface area contributed by atoms with Gasteiger partial charge in [-0.05, 0) is 12.1 Å². The number of anilines is 1. The Morgan fingerprint density at radius 3 is 2.56 bits per heavy atom. The average Bonchev–Trinajstić information content (AvgIpc) is 2.38. The van der Waals surface area contributed by atoms with Crippen molar-refractivity contribution in [3.8, 4) is 11.5 Å². The Morgan fingerprint density at radius 2 is 2.00 bits per heavy atom. The summed E-state index contributed by atoms with van der Waals surface area (Å²) >= 11 is 3.00. The lowest BCUT2D eigenvalue weighted by molar-refractivity contribution is -0.123. The molecule has 0 saturated heterocycles. The third-order valence-electron chi connectivity index (χ3n) is 2.19. The van der Waals surface area contributed by atoms with E-state index in [0.717, 1.165) is 0 Å². The molecule has 0 unspecified atom stereocenters. The molecule has 0 spiro atoms. The molecule has 6 heteroatoms. The normalized spacial score (nSPS) is 9.72. The predicted molar refractivity (Wildman–Crippen MR) is 71.6 cm³/mol. The van der Waals surface area contributed by atoms with Crippen LogP contribution in [0.2, 0.25) is 0 Å². The lowest BCUT2D eigenvalue weighted by Crippen LogP contribution is -2.17. The molecule has 5 nitrogen and oxygen atoms in total. The van der Waals surface area contributed by atoms with Gasteiger partial charge in [-0.1, -0.05) is 15.9 Å². The van der Waals surface area contributed by atoms with Crippen LogP contribution < -0.4 is 14.8 Å². The summed E-state index contributed by atoms with van der Waals surface area (Å²) in [5, 5.41) is 2.78. The fraction of sp³-hybridized carbons (Fsp3) is 0.333. The van der Waals surface area contributed by atoms with Gasteiger partial charge in [-0.3, -0.25) is 9.59 Å². The second-order valence-corrected chi connectivity index (χ2v) is 4.02. The molecular weight excluding hydrogens is 302 g/mol. The fourth-order valence-electron chi connectivity index (χ4n) is 1.32. The van der Waals surface area contributed by atoms with Crippen molar-refractivity contribution in [3.05, 3.63) is 18.2 Å². The van der Waals surface area contributed by atoms with Crippen LogP contribution in [0.5, 0.6) is 11.5 Å². The SMILES string of the molecule is COc1ccc(NC(=O)CC(=O)CBr)c(OC)c1. The van der Waals surface area contributed by atoms with Gasteiger partial charge in [-0.15, -0.1) is 0 Å². The number of alkyl halides is 1. The molecular formula is C12H14BrNO4. The van der Waals surface area contributed by atoms with Gasteiger partial charge in [0.15, 0.2) is 5.78 Å². The Hall–Kier alpha value is -1.56. The fourth-order valence-corrected chi connectivity index (χ4v) is 1.52. The van der Waals surface area contributed by atoms with Crippen molar-refractivity contribution in [1.29, 1.82) is 0 Å². The van der Waals surface area contributed by atoms with Gasteiger partial charge in [0.2, 0.25) is 5.91 Å². The Labute approximate surface area is 114 Å². The topological polar surface area (TPSA) is 64.6 Å². The van der Waals surface area contributed by atoms with Crippen LogP contribution in [0.25, 0.3) is 0 Å². The van der Waals surface area contributed by atoms with E-state index < -0.39 is 0 Å². The van der Waals surface area contributed by atoms with Crippen molar-refractivity contribution in [2.75, 3.05) is 24.9 Å². The quantitative estimate of drug-likeness (QED) is 0.644. The van der Waals surface area contributed by atoms with Crippen LogP contribution in [0.3, 0.4) is 0 Å². The van der Waals surface area contributed by atoms with Crippen molar-refractivity contribution in [1.82, 2.24) is 0 Å². The Morgan fingerprint density at radius 1 is 1.28 bits per heavy atom. The van der Waals surface area contributed by atoms with Crippen LogP contribution in [0.4, 0.5) is 5.69 Å². The first-order valence-electron chi connectivity index (χ1n) is 5.20. The van der Waals surface area contributed by atoms with Crippen LogP contribution in [-0.2, 0) is 9.59 Å². The number of benzene rings is 1. The zero-order chi connectivity index (χ0) is 13.5. The highest BCUT2D eigenvalue weighted by molar-refractivity contribution is 9.09. The molecule has 1 N–H and O–H groups in total. The molecule has 1 aromatic rings. The molecule has 0 saturated carbocycles. The minimum atomic E-state index is -0.372. The summed E-state index contributed by atoms with van der Waals surface area (Å²) in [6, 6.07) is 5.01. The maximum atomic E-state index is 11.6. The van der Waals surface area contributed by atoms with E-state index in [1.807, 2.05) is 0 Å². The molecule has 0 atom stereocenters. The highest BCUT2D eigenvalue weighted by atomic mass is 79.9. The van der Waals surface area contributed by atoms with Gasteiger partial charge in [0, 0.05) is 6.07 Å². The summed E-state index contributed by atoms with van der Waals surface area (Å²) in [6.45, 7) is 0. The number of rotatable bonds is 6. The summed E-state index contributed by atoms with van der Waals surface area (Å²) < 4.78 is 10.2. The number of carbonyl (C=O) groups excluding carboxylic acids is 2. The average molecular weight is 316 g/mol. The first-order chi connectivity index (χ1) is 8.60. The molecule has 1 amide bonds. The molecule has 0 radical (unpaired) electrons. The van der Waals surface area contributed by atoms with E-state index in [0.29, 0.717) is 17.2 Å². The van der Waals surface area contributed by atoms with Gasteiger partial charge in [0.05, 0.1) is 31.7 Å². The molecule has 0 aromatic heterocycles. The van der Waals surface area contributed by atoms with Crippen molar-refractivity contribution in [2.45, 2.75) is 6.42 Å². The number of halogens is 1. The molecule has 0 aliphatic rings. The zero-order valence-electron chi connectivity index (χ0n) is 10.2. The van der Waals surface area contributed by atoms with Crippen LogP contribution in [0.1, 0.15) is 6.42 Å². The highest BCUT2D eigenvalue weighted by Crippen LogP contribution is 2.29. The van der Waals surface area contributed by atoms with Gasteiger partial charge in [-0.25, -0.2) is 0 Å². The van der Waals surface area contributed by atoms with E-state index in [4.69, 9.17) is 9.47 Å². The number of amides is 1. The predicted octanol–water partition coefficient (Wildman–Crippen LogP) is 2.00. The molecule has 0 heterocycles. The van der Waals surface area contributed by atoms with E-state index >= 15 is 0 Å². The highest BCUT2D eigenvalue weighted by Gasteiger charge is 2.11. The zero-order valence-corrected chi connectivity index (χ0v) is 11.7. The Balaban J connectivity index is 2.77. The monoisotopic (exact) mass is 315 g/mol. The number of carbonyl (C=O) groups is 2. The maximum Gasteiger partial charge on any atom is 0.231 e. The van der Waals surface area contributed by atoms with Crippen LogP contribution in [0.15, 0.2) is 18.2 Å². The van der Waals surface area contributed by atoms with Crippen LogP contribution >= 0.6 is 15.9 Å². The minimum Gasteiger partial charge on any atom is -0.497 e. The van der Waals surface area contributed by atoms with Crippen LogP contribution in [-0.4, -0.2) is 31.2 Å². The van der Waals surface area contributed by atoms with Gasteiger partial charge in [-0.2, -0.15) is 0 Å². The van der Waals surface area contributed by atoms with Crippen molar-refractivity contribution in [3.63, 3.8) is 0 Å². The van der Waals surface area contributed by atoms with E-state index in [-0.39, 0.29) is 23.4 Å². The Bertz CT molecular complexity index is 448. The molecule has 18 heavy (non-hydrogen) atoms. The molecule has 0 fully saturated rings. The van der Waals surface area contributed by atoms with Gasteiger partial charge >= 0.3 is 0 Å². The van der Waals surface area contributed by atoms with E-state index in [2.05, 4.69) is 21.2 Å². The number of ether oxygens (including phenoxy) is 2. The first kappa shape index (κ1) is 14.5. The third kappa shape index (κ3) is 4.03. The molecule has 0 aliphatic carbocycles. The number of methoxy groups -OCH3 is 2. The maximum absolute atomic E-state index is 11.6. The lowest BCUT2D eigenvalue weighted by Gasteiger charge is -2.11. The molecule has 98 valence electrons. The summed E-state index contributed by atoms with van der Waals surface area (Å²) in [6.07, 6.45) is -0.166. The summed E-state index contributed by atoms with van der Waals surface area (Å²) in [5.74, 6) is 0.554. The summed E-state index contributed by atoms with van der Waals surface area (Å²) in [7, 11) is 3.04. The van der Waals surface area contributed by atoms with E-state index in [1.54, 1.807) is 25.3 Å². The number of Topliss-reactive ketones (excluding diaryl/α,β-unsaturated/α-hetero) is 1. The second-order valence-electron chi connectivity index (χ2n) is 3.46. The molecule has 0 aliphatic heterocycles. The largest absolute Gasteiger partial charge is 0.497 e. The molecule has 0 bridgehead atoms. The summed E-state index contributed by atoms with van der Waals surface area (Å²) in [5.41, 5.74) is 0.505. The first-order valence-corrected chi connectivity index (χ1v) is 6.32. The summed E-state index contributed by atoms with van der Waals surface area (Å²) in [4.78, 5) is 22.7. The molecule has 1 rings (SSSR count). The van der Waals surface area contributed by atoms with Crippen molar-refractivity contribution in [2.24, 2.45) is 0 Å². The van der Waals surface area contributed by atoms with Crippen molar-refractivity contribution < 1.29 is 19.1 Å². The van der Waals surface area contributed by atoms with Crippen molar-refractivity contribution >= 4 is 33.3 Å². The lowest BCUT2D eigenvalue weighted by atomic mass is 10.2. The standard InChI is InChI=1S/C12H14BrNO4/c1-17-9-3-4-10(11(6-9)18-2)14-12(16)5-8(15)7-13/h3-4,6H,5,7H2,1-2H3,(H,14,16). The van der Waals surface area contributed by atoms with Gasteiger partial charge in [0.1, 0.15) is 11.5 Å². The number of nitrogens with one attached hydrogen (secondary N) is 1. The number of hydrogen-bond donors (Lipinski definition) is 1. The van der Waals surface area contributed by atoms with Gasteiger partial charge < -0.3 is 14.8 Å². The third-order valence-corrected chi connectivity index (χ3v) is 2.81. The Kier molecular flexibility index (Phi) is 5.64. The van der Waals surface area contributed by atoms with Gasteiger partial charge in [0.25, 0.3) is 0 Å².